The molecule has 0 aromatic heterocycles. The Kier molecular flexibility index (Phi) is 12.4. The number of hydrogen-bond acceptors (Lipinski definition) is 3. The standard InChI is InChI=1S/C29H46N2O2.C6H6/c1-23-10-12-24(13-11-23)6-5-7-25-16-18-30(19-17-25)21-26-14-15-28(20-26)31(22-29(32)33)27-8-3-2-4-9-27;1-2-4-6-5-3-1/h10-13,25-28H,2-9,14-22H2,1H3,(H,32,33);1-6H/t26-,28?;/m1./s1. The van der Waals surface area contributed by atoms with Gasteiger partial charge in [-0.05, 0) is 95.2 Å². The molecule has 1 heterocycles. The minimum absolute atomic E-state index is 0.246. The van der Waals surface area contributed by atoms with Gasteiger partial charge in [-0.1, -0.05) is 91.9 Å². The van der Waals surface area contributed by atoms with E-state index in [0.29, 0.717) is 12.1 Å². The third-order valence-electron chi connectivity index (χ3n) is 9.43. The first kappa shape index (κ1) is 29.8. The van der Waals surface area contributed by atoms with Gasteiger partial charge >= 0.3 is 5.97 Å². The third-order valence-corrected chi connectivity index (χ3v) is 9.43. The van der Waals surface area contributed by atoms with Gasteiger partial charge in [0.2, 0.25) is 0 Å². The maximum Gasteiger partial charge on any atom is 0.317 e. The second-order valence-corrected chi connectivity index (χ2v) is 12.5. The smallest absolute Gasteiger partial charge is 0.317 e. The molecule has 1 saturated heterocycles. The zero-order valence-electron chi connectivity index (χ0n) is 24.4. The van der Waals surface area contributed by atoms with Crippen molar-refractivity contribution in [2.45, 2.75) is 102 Å². The molecule has 2 aromatic carbocycles. The summed E-state index contributed by atoms with van der Waals surface area (Å²) < 4.78 is 0. The second-order valence-electron chi connectivity index (χ2n) is 12.5. The molecule has 2 atom stereocenters. The molecule has 39 heavy (non-hydrogen) atoms. The number of carbonyl (C=O) groups is 1. The van der Waals surface area contributed by atoms with E-state index in [9.17, 15) is 9.90 Å². The Balaban J connectivity index is 0.000000519. The fourth-order valence-electron chi connectivity index (χ4n) is 7.20. The minimum atomic E-state index is -0.645. The fraction of sp³-hybridized carbons (Fsp3) is 0.629. The van der Waals surface area contributed by atoms with Crippen LogP contribution in [0.25, 0.3) is 0 Å². The Labute approximate surface area is 237 Å². The van der Waals surface area contributed by atoms with E-state index in [2.05, 4.69) is 41.0 Å². The molecular formula is C35H52N2O2. The molecule has 2 aromatic rings. The van der Waals surface area contributed by atoms with Gasteiger partial charge in [0.05, 0.1) is 6.54 Å². The number of aryl methyl sites for hydroxylation is 2. The van der Waals surface area contributed by atoms with E-state index in [4.69, 9.17) is 0 Å². The first-order valence-electron chi connectivity index (χ1n) is 15.8. The zero-order valence-corrected chi connectivity index (χ0v) is 24.4. The molecule has 5 rings (SSSR count). The molecule has 0 amide bonds. The number of benzene rings is 2. The van der Waals surface area contributed by atoms with Gasteiger partial charge in [-0.15, -0.1) is 0 Å². The van der Waals surface area contributed by atoms with Crippen molar-refractivity contribution in [3.63, 3.8) is 0 Å². The molecule has 1 aliphatic heterocycles. The number of carboxylic acid groups (broad SMARTS) is 1. The lowest BCUT2D eigenvalue weighted by Crippen LogP contribution is -2.46. The lowest BCUT2D eigenvalue weighted by Gasteiger charge is -2.38. The van der Waals surface area contributed by atoms with E-state index in [-0.39, 0.29) is 6.54 Å². The van der Waals surface area contributed by atoms with Crippen LogP contribution in [0.4, 0.5) is 0 Å². The highest BCUT2D eigenvalue weighted by Crippen LogP contribution is 2.35. The zero-order chi connectivity index (χ0) is 27.3. The Morgan fingerprint density at radius 2 is 1.46 bits per heavy atom. The van der Waals surface area contributed by atoms with Crippen LogP contribution < -0.4 is 0 Å². The monoisotopic (exact) mass is 532 g/mol. The summed E-state index contributed by atoms with van der Waals surface area (Å²) in [4.78, 5) is 16.7. The highest BCUT2D eigenvalue weighted by atomic mass is 16.4. The van der Waals surface area contributed by atoms with Crippen molar-refractivity contribution in [3.05, 3.63) is 71.8 Å². The van der Waals surface area contributed by atoms with Crippen LogP contribution in [-0.2, 0) is 11.2 Å². The van der Waals surface area contributed by atoms with Gasteiger partial charge in [-0.25, -0.2) is 0 Å². The van der Waals surface area contributed by atoms with E-state index >= 15 is 0 Å². The van der Waals surface area contributed by atoms with Crippen molar-refractivity contribution in [1.82, 2.24) is 9.80 Å². The van der Waals surface area contributed by atoms with Crippen molar-refractivity contribution in [1.29, 1.82) is 0 Å². The van der Waals surface area contributed by atoms with Gasteiger partial charge < -0.3 is 10.0 Å². The van der Waals surface area contributed by atoms with Crippen LogP contribution in [-0.4, -0.2) is 59.1 Å². The lowest BCUT2D eigenvalue weighted by atomic mass is 9.90. The summed E-state index contributed by atoms with van der Waals surface area (Å²) in [5.74, 6) is 1.02. The SMILES string of the molecule is Cc1ccc(CCCC2CCN(C[C@@H]3CCC(N(CC(=O)O)C4CCCCC4)C3)CC2)cc1.c1ccccc1. The molecule has 0 bridgehead atoms. The van der Waals surface area contributed by atoms with Gasteiger partial charge in [0.15, 0.2) is 0 Å². The Bertz CT molecular complexity index is 906. The van der Waals surface area contributed by atoms with Gasteiger partial charge in [0.1, 0.15) is 0 Å². The molecule has 4 nitrogen and oxygen atoms in total. The average Bonchev–Trinajstić information content (AvgIpc) is 3.43. The number of aliphatic carboxylic acids is 1. The van der Waals surface area contributed by atoms with Crippen LogP contribution >= 0.6 is 0 Å². The molecule has 0 radical (unpaired) electrons. The first-order valence-corrected chi connectivity index (χ1v) is 15.8. The normalized spacial score (nSPS) is 22.9. The summed E-state index contributed by atoms with van der Waals surface area (Å²) in [6.45, 7) is 6.16. The molecule has 214 valence electrons. The average molecular weight is 533 g/mol. The number of piperidine rings is 1. The predicted octanol–water partition coefficient (Wildman–Crippen LogP) is 7.60. The van der Waals surface area contributed by atoms with Crippen LogP contribution in [0.5, 0.6) is 0 Å². The maximum absolute atomic E-state index is 11.6. The predicted molar refractivity (Wildman–Crippen MR) is 162 cm³/mol. The van der Waals surface area contributed by atoms with Crippen molar-refractivity contribution in [2.24, 2.45) is 11.8 Å². The van der Waals surface area contributed by atoms with Crippen LogP contribution in [0.3, 0.4) is 0 Å². The largest absolute Gasteiger partial charge is 0.480 e. The molecule has 4 heteroatoms. The van der Waals surface area contributed by atoms with Crippen molar-refractivity contribution in [2.75, 3.05) is 26.2 Å². The van der Waals surface area contributed by atoms with E-state index in [1.165, 1.54) is 114 Å². The Morgan fingerprint density at radius 1 is 0.821 bits per heavy atom. The summed E-state index contributed by atoms with van der Waals surface area (Å²) in [5, 5.41) is 9.51. The van der Waals surface area contributed by atoms with Gasteiger partial charge in [-0.2, -0.15) is 0 Å². The summed E-state index contributed by atoms with van der Waals surface area (Å²) >= 11 is 0. The highest BCUT2D eigenvalue weighted by Gasteiger charge is 2.35. The van der Waals surface area contributed by atoms with Crippen molar-refractivity contribution >= 4 is 5.97 Å². The molecule has 2 saturated carbocycles. The second kappa shape index (κ2) is 16.2. The Morgan fingerprint density at radius 3 is 2.08 bits per heavy atom. The minimum Gasteiger partial charge on any atom is -0.480 e. The molecule has 3 aliphatic rings. The number of hydrogen-bond donors (Lipinski definition) is 1. The maximum atomic E-state index is 11.6. The molecule has 1 N–H and O–H groups in total. The number of likely N-dealkylation sites (tertiary alicyclic amines) is 1. The van der Waals surface area contributed by atoms with Crippen LogP contribution in [0.1, 0.15) is 88.2 Å². The molecule has 1 unspecified atom stereocenters. The summed E-state index contributed by atoms with van der Waals surface area (Å²) in [6, 6.07) is 22.1. The quantitative estimate of drug-likeness (QED) is 0.342. The molecule has 0 spiro atoms. The highest BCUT2D eigenvalue weighted by molar-refractivity contribution is 5.69. The van der Waals surface area contributed by atoms with Gasteiger partial charge in [-0.3, -0.25) is 9.69 Å². The van der Waals surface area contributed by atoms with E-state index in [1.807, 2.05) is 36.4 Å². The van der Waals surface area contributed by atoms with Gasteiger partial charge in [0.25, 0.3) is 0 Å². The van der Waals surface area contributed by atoms with Crippen LogP contribution in [0, 0.1) is 18.8 Å². The van der Waals surface area contributed by atoms with Gasteiger partial charge in [0, 0.05) is 18.6 Å². The van der Waals surface area contributed by atoms with Crippen LogP contribution in [0.15, 0.2) is 60.7 Å². The first-order chi connectivity index (χ1) is 19.1. The summed E-state index contributed by atoms with van der Waals surface area (Å²) in [5.41, 5.74) is 2.84. The summed E-state index contributed by atoms with van der Waals surface area (Å²) in [7, 11) is 0. The van der Waals surface area contributed by atoms with Crippen molar-refractivity contribution < 1.29 is 9.90 Å². The van der Waals surface area contributed by atoms with E-state index < -0.39 is 5.97 Å². The molecular weight excluding hydrogens is 480 g/mol. The molecule has 3 fully saturated rings. The van der Waals surface area contributed by atoms with Crippen molar-refractivity contribution in [3.8, 4) is 0 Å². The van der Waals surface area contributed by atoms with E-state index in [1.54, 1.807) is 0 Å². The summed E-state index contributed by atoms with van der Waals surface area (Å²) in [6.07, 6.45) is 16.6. The lowest BCUT2D eigenvalue weighted by molar-refractivity contribution is -0.140. The topological polar surface area (TPSA) is 43.8 Å². The number of nitrogens with zero attached hydrogens (tertiary/aromatic N) is 2. The number of rotatable bonds is 10. The number of carboxylic acids is 1. The van der Waals surface area contributed by atoms with Crippen LogP contribution in [0.2, 0.25) is 0 Å². The fourth-order valence-corrected chi connectivity index (χ4v) is 7.20. The third kappa shape index (κ3) is 10.4. The van der Waals surface area contributed by atoms with E-state index in [0.717, 1.165) is 11.8 Å². The Hall–Kier alpha value is -2.17. The molecule has 2 aliphatic carbocycles.